The molecule has 0 aromatic carbocycles. The summed E-state index contributed by atoms with van der Waals surface area (Å²) in [5, 5.41) is 9.63. The van der Waals surface area contributed by atoms with E-state index in [0.717, 1.165) is 7.11 Å². The lowest BCUT2D eigenvalue weighted by atomic mass is 10.1. The van der Waals surface area contributed by atoms with Gasteiger partial charge < -0.3 is 15.0 Å². The van der Waals surface area contributed by atoms with Crippen LogP contribution in [-0.2, 0) is 18.6 Å². The smallest absolute Gasteiger partial charge is 0.355 e. The minimum atomic E-state index is -3.75. The van der Waals surface area contributed by atoms with Crippen molar-refractivity contribution < 1.29 is 28.4 Å². The van der Waals surface area contributed by atoms with Gasteiger partial charge in [0.15, 0.2) is 0 Å². The van der Waals surface area contributed by atoms with E-state index in [9.17, 15) is 14.6 Å². The molecule has 0 saturated carbocycles. The number of nitrogens with zero attached hydrogens (tertiary/aromatic N) is 1. The van der Waals surface area contributed by atoms with Crippen LogP contribution in [0, 0.1) is 11.3 Å². The fraction of sp³-hybridized carbons (Fsp3) is 0.667. The summed E-state index contributed by atoms with van der Waals surface area (Å²) in [5.74, 6) is 0.159. The Morgan fingerprint density at radius 1 is 1.59 bits per heavy atom. The Hall–Kier alpha value is -1.09. The molecule has 22 heavy (non-hydrogen) atoms. The SMILES string of the molecule is CO[P+](O)(O)OCC1CC(C)C(N(C)/C=C\C(=N)NC=O)O1. The molecule has 1 fully saturated rings. The molecule has 10 heteroatoms. The van der Waals surface area contributed by atoms with E-state index in [-0.39, 0.29) is 30.7 Å². The van der Waals surface area contributed by atoms with Crippen LogP contribution in [0.25, 0.3) is 0 Å². The van der Waals surface area contributed by atoms with Crippen LogP contribution in [0.15, 0.2) is 12.3 Å². The summed E-state index contributed by atoms with van der Waals surface area (Å²) in [6.07, 6.45) is 3.68. The van der Waals surface area contributed by atoms with Crippen LogP contribution >= 0.6 is 8.17 Å². The number of carbonyl (C=O) groups is 1. The van der Waals surface area contributed by atoms with Gasteiger partial charge in [-0.2, -0.15) is 18.8 Å². The van der Waals surface area contributed by atoms with E-state index in [1.165, 1.54) is 6.08 Å². The Kier molecular flexibility index (Phi) is 7.34. The van der Waals surface area contributed by atoms with Gasteiger partial charge in [0.05, 0.1) is 13.2 Å². The average molecular weight is 336 g/mol. The zero-order chi connectivity index (χ0) is 16.8. The minimum Gasteiger partial charge on any atom is -0.355 e. The number of rotatable bonds is 8. The predicted octanol–water partition coefficient (Wildman–Crippen LogP) is 0.231. The lowest BCUT2D eigenvalue weighted by Crippen LogP contribution is -2.32. The van der Waals surface area contributed by atoms with Gasteiger partial charge in [0.2, 0.25) is 6.41 Å². The Morgan fingerprint density at radius 2 is 2.27 bits per heavy atom. The highest BCUT2D eigenvalue weighted by Crippen LogP contribution is 2.51. The number of hydrogen-bond donors (Lipinski definition) is 4. The van der Waals surface area contributed by atoms with E-state index in [2.05, 4.69) is 9.84 Å². The standard InChI is InChI=1S/C12H22N3O6P/c1-9-6-10(7-20-22(17,18)19-3)21-12(9)15(2)5-4-11(13)14-8-16/h4-5,8-10,12,17-18H,6-7H2,1-3H3,(H-,13,14,16)/p+1/b5-4-. The first-order valence-corrected chi connectivity index (χ1v) is 8.21. The minimum absolute atomic E-state index is 0.0233. The van der Waals surface area contributed by atoms with Gasteiger partial charge in [-0.05, 0) is 12.5 Å². The molecule has 0 aromatic rings. The van der Waals surface area contributed by atoms with Crippen molar-refractivity contribution in [2.45, 2.75) is 25.7 Å². The first-order chi connectivity index (χ1) is 10.3. The van der Waals surface area contributed by atoms with E-state index >= 15 is 0 Å². The van der Waals surface area contributed by atoms with Gasteiger partial charge in [-0.15, -0.1) is 0 Å². The first-order valence-electron chi connectivity index (χ1n) is 6.68. The van der Waals surface area contributed by atoms with Gasteiger partial charge >= 0.3 is 8.17 Å². The van der Waals surface area contributed by atoms with E-state index in [0.29, 0.717) is 12.8 Å². The second kappa shape index (κ2) is 8.52. The lowest BCUT2D eigenvalue weighted by molar-refractivity contribution is -0.108. The highest BCUT2D eigenvalue weighted by Gasteiger charge is 2.41. The second-order valence-electron chi connectivity index (χ2n) is 4.99. The summed E-state index contributed by atoms with van der Waals surface area (Å²) in [5.41, 5.74) is 0. The zero-order valence-corrected chi connectivity index (χ0v) is 13.7. The molecule has 0 aliphatic carbocycles. The number of carbonyl (C=O) groups excluding carboxylic acids is 1. The summed E-state index contributed by atoms with van der Waals surface area (Å²) in [7, 11) is -0.796. The maximum atomic E-state index is 10.2. The molecule has 0 aromatic heterocycles. The molecule has 0 radical (unpaired) electrons. The molecule has 3 unspecified atom stereocenters. The Balaban J connectivity index is 2.49. The molecule has 1 amide bonds. The first kappa shape index (κ1) is 19.0. The summed E-state index contributed by atoms with van der Waals surface area (Å²) in [4.78, 5) is 30.6. The zero-order valence-electron chi connectivity index (χ0n) is 12.8. The van der Waals surface area contributed by atoms with Gasteiger partial charge in [0, 0.05) is 19.2 Å². The van der Waals surface area contributed by atoms with Gasteiger partial charge in [-0.25, -0.2) is 0 Å². The van der Waals surface area contributed by atoms with Crippen LogP contribution in [0.5, 0.6) is 0 Å². The van der Waals surface area contributed by atoms with Crippen molar-refractivity contribution in [3.8, 4) is 0 Å². The van der Waals surface area contributed by atoms with Crippen molar-refractivity contribution in [3.05, 3.63) is 12.3 Å². The molecule has 3 atom stereocenters. The van der Waals surface area contributed by atoms with Gasteiger partial charge in [0.25, 0.3) is 0 Å². The Bertz CT molecular complexity index is 420. The third-order valence-corrected chi connectivity index (χ3v) is 4.17. The number of nitrogens with one attached hydrogen (secondary N) is 2. The van der Waals surface area contributed by atoms with Crippen molar-refractivity contribution in [1.82, 2.24) is 10.2 Å². The quantitative estimate of drug-likeness (QED) is 0.216. The monoisotopic (exact) mass is 336 g/mol. The second-order valence-corrected chi connectivity index (χ2v) is 6.59. The largest absolute Gasteiger partial charge is 0.569 e. The van der Waals surface area contributed by atoms with Crippen LogP contribution in [0.4, 0.5) is 0 Å². The number of ether oxygens (including phenoxy) is 1. The molecular weight excluding hydrogens is 313 g/mol. The van der Waals surface area contributed by atoms with E-state index in [1.54, 1.807) is 18.1 Å². The number of amidine groups is 1. The van der Waals surface area contributed by atoms with E-state index in [1.807, 2.05) is 6.92 Å². The molecular formula is C12H23N3O6P+. The van der Waals surface area contributed by atoms with Crippen LogP contribution in [0.3, 0.4) is 0 Å². The van der Waals surface area contributed by atoms with Gasteiger partial charge in [-0.1, -0.05) is 6.92 Å². The highest BCUT2D eigenvalue weighted by atomic mass is 31.2. The molecule has 1 heterocycles. The number of hydrogen-bond acceptors (Lipinski definition) is 8. The third-order valence-electron chi connectivity index (χ3n) is 3.21. The van der Waals surface area contributed by atoms with Crippen molar-refractivity contribution in [2.75, 3.05) is 20.8 Å². The molecule has 1 rings (SSSR count). The summed E-state index contributed by atoms with van der Waals surface area (Å²) >= 11 is 0. The maximum absolute atomic E-state index is 10.2. The molecule has 1 aliphatic rings. The van der Waals surface area contributed by atoms with Crippen LogP contribution in [0.2, 0.25) is 0 Å². The average Bonchev–Trinajstić information content (AvgIpc) is 2.84. The third kappa shape index (κ3) is 5.96. The fourth-order valence-electron chi connectivity index (χ4n) is 2.14. The molecule has 4 N–H and O–H groups in total. The molecule has 0 spiro atoms. The molecule has 9 nitrogen and oxygen atoms in total. The normalized spacial score (nSPS) is 25.4. The fourth-order valence-corrected chi connectivity index (χ4v) is 2.61. The Labute approximate surface area is 130 Å². The molecule has 1 aliphatic heterocycles. The summed E-state index contributed by atoms with van der Waals surface area (Å²) in [6.45, 7) is 2.02. The van der Waals surface area contributed by atoms with Crippen LogP contribution in [-0.4, -0.2) is 60.0 Å². The van der Waals surface area contributed by atoms with Crippen LogP contribution in [0.1, 0.15) is 13.3 Å². The van der Waals surface area contributed by atoms with Gasteiger partial charge in [0.1, 0.15) is 18.7 Å². The topological polar surface area (TPSA) is 124 Å². The van der Waals surface area contributed by atoms with Crippen molar-refractivity contribution >= 4 is 20.4 Å². The van der Waals surface area contributed by atoms with Crippen molar-refractivity contribution in [1.29, 1.82) is 5.41 Å². The lowest BCUT2D eigenvalue weighted by Gasteiger charge is -2.25. The summed E-state index contributed by atoms with van der Waals surface area (Å²) < 4.78 is 15.2. The number of amides is 1. The molecule has 0 bridgehead atoms. The van der Waals surface area contributed by atoms with E-state index in [4.69, 9.17) is 14.7 Å². The molecule has 126 valence electrons. The van der Waals surface area contributed by atoms with E-state index < -0.39 is 8.17 Å². The predicted molar refractivity (Wildman–Crippen MR) is 80.6 cm³/mol. The summed E-state index contributed by atoms with van der Waals surface area (Å²) in [6, 6.07) is 0. The Morgan fingerprint density at radius 3 is 2.86 bits per heavy atom. The highest BCUT2D eigenvalue weighted by molar-refractivity contribution is 7.54. The maximum Gasteiger partial charge on any atom is 0.569 e. The van der Waals surface area contributed by atoms with Crippen molar-refractivity contribution in [3.63, 3.8) is 0 Å². The van der Waals surface area contributed by atoms with Gasteiger partial charge in [-0.3, -0.25) is 10.2 Å². The van der Waals surface area contributed by atoms with Crippen molar-refractivity contribution in [2.24, 2.45) is 5.92 Å². The molecule has 1 saturated heterocycles. The van der Waals surface area contributed by atoms with Crippen LogP contribution < -0.4 is 5.32 Å².